The van der Waals surface area contributed by atoms with Crippen molar-refractivity contribution in [2.24, 2.45) is 11.3 Å². The molecule has 3 atom stereocenters. The second-order valence-electron chi connectivity index (χ2n) is 9.34. The number of nitrogens with one attached hydrogen (secondary N) is 1. The Hall–Kier alpha value is -0.120. The Morgan fingerprint density at radius 2 is 1.57 bits per heavy atom. The van der Waals surface area contributed by atoms with E-state index < -0.39 is 0 Å². The largest absolute Gasteiger partial charge is 0.385 e. The van der Waals surface area contributed by atoms with Crippen LogP contribution in [0.3, 0.4) is 0 Å². The maximum absolute atomic E-state index is 10.4. The molecule has 1 aliphatic heterocycles. The Labute approximate surface area is 143 Å². The maximum atomic E-state index is 10.4. The maximum Gasteiger partial charge on any atom is 0.126 e. The number of aliphatic hydroxyl groups excluding tert-OH is 1. The predicted molar refractivity (Wildman–Crippen MR) is 95.8 cm³/mol. The normalized spacial score (nSPS) is 35.2. The quantitative estimate of drug-likeness (QED) is 0.814. The van der Waals surface area contributed by atoms with E-state index >= 15 is 0 Å². The number of aliphatic hydroxyl groups is 1. The molecule has 0 unspecified atom stereocenters. The summed E-state index contributed by atoms with van der Waals surface area (Å²) in [6, 6.07) is 1.35. The zero-order chi connectivity index (χ0) is 17.0. The number of piperidine rings is 1. The average molecular weight is 327 g/mol. The van der Waals surface area contributed by atoms with Crippen molar-refractivity contribution in [2.45, 2.75) is 104 Å². The predicted octanol–water partition coefficient (Wildman–Crippen LogP) is 2.81. The van der Waals surface area contributed by atoms with E-state index in [1.807, 2.05) is 0 Å². The Morgan fingerprint density at radius 1 is 1.00 bits per heavy atom. The van der Waals surface area contributed by atoms with Crippen molar-refractivity contribution in [3.05, 3.63) is 0 Å². The molecule has 2 fully saturated rings. The first-order valence-corrected chi connectivity index (χ1v) is 9.92. The zero-order valence-electron chi connectivity index (χ0n) is 16.1. The first-order chi connectivity index (χ1) is 10.8. The molecule has 0 aromatic heterocycles. The van der Waals surface area contributed by atoms with Crippen LogP contribution in [-0.2, 0) is 4.74 Å². The van der Waals surface area contributed by atoms with Crippen molar-refractivity contribution < 1.29 is 14.7 Å². The second-order valence-corrected chi connectivity index (χ2v) is 9.34. The van der Waals surface area contributed by atoms with Crippen LogP contribution in [0.2, 0.25) is 0 Å². The van der Waals surface area contributed by atoms with Crippen molar-refractivity contribution in [3.8, 4) is 0 Å². The van der Waals surface area contributed by atoms with E-state index in [1.165, 1.54) is 32.1 Å². The Balaban J connectivity index is 1.68. The van der Waals surface area contributed by atoms with Gasteiger partial charge in [-0.05, 0) is 70.1 Å². The lowest BCUT2D eigenvalue weighted by Gasteiger charge is -2.38. The minimum atomic E-state index is -0.312. The molecule has 23 heavy (non-hydrogen) atoms. The van der Waals surface area contributed by atoms with Gasteiger partial charge >= 0.3 is 0 Å². The van der Waals surface area contributed by atoms with Gasteiger partial charge in [-0.15, -0.1) is 0 Å². The van der Waals surface area contributed by atoms with E-state index in [-0.39, 0.29) is 6.10 Å². The van der Waals surface area contributed by atoms with E-state index in [0.29, 0.717) is 30.2 Å². The number of hydrogen-bond donors (Lipinski definition) is 2. The van der Waals surface area contributed by atoms with Gasteiger partial charge in [-0.1, -0.05) is 20.8 Å². The molecule has 1 saturated carbocycles. The summed E-state index contributed by atoms with van der Waals surface area (Å²) in [6.07, 6.45) is 8.87. The summed E-state index contributed by atoms with van der Waals surface area (Å²) in [5, 5.41) is 10.4. The average Bonchev–Trinajstić information content (AvgIpc) is 2.48. The summed E-state index contributed by atoms with van der Waals surface area (Å²) in [5.74, 6) is 0.826. The van der Waals surface area contributed by atoms with Crippen LogP contribution in [0.4, 0.5) is 0 Å². The van der Waals surface area contributed by atoms with Gasteiger partial charge in [-0.25, -0.2) is 0 Å². The topological polar surface area (TPSA) is 33.9 Å². The van der Waals surface area contributed by atoms with Crippen LogP contribution in [0.1, 0.15) is 79.6 Å². The van der Waals surface area contributed by atoms with Crippen molar-refractivity contribution in [2.75, 3.05) is 13.2 Å². The molecule has 1 saturated heterocycles. The molecule has 2 aliphatic rings. The van der Waals surface area contributed by atoms with Crippen LogP contribution >= 0.6 is 0 Å². The standard InChI is InChI=1S/C20H39NO2/c1-15-7-6-8-16(2)21(15)13-18(22)14-23-19-11-9-17(10-12-19)20(3,4)5/h15-19,22H,6-14H2,1-5H3/p+1/t15-,16-,17?,18-,19?/m0/s1. The summed E-state index contributed by atoms with van der Waals surface area (Å²) < 4.78 is 6.05. The molecule has 0 aromatic rings. The molecule has 1 aliphatic carbocycles. The number of rotatable bonds is 5. The lowest BCUT2D eigenvalue weighted by molar-refractivity contribution is -0.954. The van der Waals surface area contributed by atoms with E-state index in [1.54, 1.807) is 4.90 Å². The van der Waals surface area contributed by atoms with Crippen molar-refractivity contribution in [1.29, 1.82) is 0 Å². The zero-order valence-corrected chi connectivity index (χ0v) is 16.1. The Morgan fingerprint density at radius 3 is 2.09 bits per heavy atom. The fraction of sp³-hybridized carbons (Fsp3) is 1.00. The summed E-state index contributed by atoms with van der Waals surface area (Å²) >= 11 is 0. The Kier molecular flexibility index (Phi) is 6.94. The van der Waals surface area contributed by atoms with Gasteiger partial charge in [-0.3, -0.25) is 0 Å². The van der Waals surface area contributed by atoms with Gasteiger partial charge in [-0.2, -0.15) is 0 Å². The minimum Gasteiger partial charge on any atom is -0.385 e. The van der Waals surface area contributed by atoms with Crippen LogP contribution in [0.15, 0.2) is 0 Å². The molecule has 3 heteroatoms. The lowest BCUT2D eigenvalue weighted by Crippen LogP contribution is -3.20. The minimum absolute atomic E-state index is 0.312. The Bertz CT molecular complexity index is 334. The van der Waals surface area contributed by atoms with Crippen molar-refractivity contribution in [1.82, 2.24) is 0 Å². The summed E-state index contributed by atoms with van der Waals surface area (Å²) in [5.41, 5.74) is 0.425. The van der Waals surface area contributed by atoms with Gasteiger partial charge in [0.05, 0.1) is 24.8 Å². The molecule has 2 N–H and O–H groups in total. The van der Waals surface area contributed by atoms with Gasteiger partial charge < -0.3 is 14.7 Å². The highest BCUT2D eigenvalue weighted by Crippen LogP contribution is 2.38. The summed E-state index contributed by atoms with van der Waals surface area (Å²) in [4.78, 5) is 1.57. The molecule has 1 heterocycles. The highest BCUT2D eigenvalue weighted by atomic mass is 16.5. The fourth-order valence-electron chi connectivity index (χ4n) is 4.66. The number of quaternary nitrogens is 1. The van der Waals surface area contributed by atoms with Gasteiger partial charge in [0.2, 0.25) is 0 Å². The van der Waals surface area contributed by atoms with Crippen LogP contribution in [-0.4, -0.2) is 42.5 Å². The molecule has 0 spiro atoms. The second kappa shape index (κ2) is 8.31. The van der Waals surface area contributed by atoms with E-state index in [0.717, 1.165) is 25.3 Å². The monoisotopic (exact) mass is 326 g/mol. The first kappa shape index (κ1) is 19.2. The molecule has 0 amide bonds. The van der Waals surface area contributed by atoms with E-state index in [2.05, 4.69) is 34.6 Å². The number of ether oxygens (including phenoxy) is 1. The molecule has 3 nitrogen and oxygen atoms in total. The van der Waals surface area contributed by atoms with Gasteiger partial charge in [0.15, 0.2) is 0 Å². The van der Waals surface area contributed by atoms with Gasteiger partial charge in [0.1, 0.15) is 12.6 Å². The van der Waals surface area contributed by atoms with Crippen molar-refractivity contribution in [3.63, 3.8) is 0 Å². The van der Waals surface area contributed by atoms with E-state index in [9.17, 15) is 5.11 Å². The van der Waals surface area contributed by atoms with Crippen LogP contribution in [0.25, 0.3) is 0 Å². The smallest absolute Gasteiger partial charge is 0.126 e. The molecular weight excluding hydrogens is 286 g/mol. The van der Waals surface area contributed by atoms with Gasteiger partial charge in [0, 0.05) is 0 Å². The van der Waals surface area contributed by atoms with E-state index in [4.69, 9.17) is 4.74 Å². The van der Waals surface area contributed by atoms with Gasteiger partial charge in [0.25, 0.3) is 0 Å². The lowest BCUT2D eigenvalue weighted by atomic mass is 9.72. The van der Waals surface area contributed by atoms with Crippen LogP contribution in [0, 0.1) is 11.3 Å². The third kappa shape index (κ3) is 5.72. The third-order valence-electron chi connectivity index (χ3n) is 6.43. The fourth-order valence-corrected chi connectivity index (χ4v) is 4.66. The highest BCUT2D eigenvalue weighted by Gasteiger charge is 2.32. The molecule has 2 rings (SSSR count). The number of likely N-dealkylation sites (tertiary alicyclic amines) is 1. The SMILES string of the molecule is C[C@H]1CCC[C@H](C)[NH+]1C[C@H](O)COC1CCC(C(C)(C)C)CC1. The third-order valence-corrected chi connectivity index (χ3v) is 6.43. The number of hydrogen-bond acceptors (Lipinski definition) is 2. The van der Waals surface area contributed by atoms with Crippen LogP contribution in [0.5, 0.6) is 0 Å². The molecular formula is C20H40NO2+. The highest BCUT2D eigenvalue weighted by molar-refractivity contribution is 4.81. The summed E-state index contributed by atoms with van der Waals surface area (Å²) in [7, 11) is 0. The first-order valence-electron chi connectivity index (χ1n) is 9.92. The van der Waals surface area contributed by atoms with Crippen molar-refractivity contribution >= 4 is 0 Å². The molecule has 0 aromatic carbocycles. The molecule has 0 bridgehead atoms. The molecule has 0 radical (unpaired) electrons. The summed E-state index contributed by atoms with van der Waals surface area (Å²) in [6.45, 7) is 13.1. The molecule has 136 valence electrons. The van der Waals surface area contributed by atoms with Crippen LogP contribution < -0.4 is 4.90 Å².